The number of aromatic amines is 1. The van der Waals surface area contributed by atoms with E-state index in [1.165, 1.54) is 4.90 Å². The molecule has 2 aliphatic rings. The van der Waals surface area contributed by atoms with Gasteiger partial charge < -0.3 is 15.2 Å². The van der Waals surface area contributed by atoms with E-state index in [9.17, 15) is 35.9 Å². The average Bonchev–Trinajstić information content (AvgIpc) is 3.06. The number of carbonyl (C=O) groups is 2. The van der Waals surface area contributed by atoms with E-state index < -0.39 is 52.3 Å². The predicted molar refractivity (Wildman–Crippen MR) is 95.8 cm³/mol. The molecule has 12 heteroatoms. The first-order valence-electron chi connectivity index (χ1n) is 9.60. The number of fused-ring (bicyclic) bond motifs is 1. The van der Waals surface area contributed by atoms with Crippen LogP contribution in [0.25, 0.3) is 10.9 Å². The molecule has 168 valence electrons. The standard InChI is InChI=1S/C19H18F6N4O2/c1-2-10(16(31)29-4-3-17(8-29)7-18(17,21)22)28-15(30)11-5-9-12(27-11)6-26-14(13(9)20)19(23,24)25/h5-6,10,27H,2-4,7-8H2,1H3,(H,28,30)/t10-,17+/m0/s1. The van der Waals surface area contributed by atoms with E-state index in [-0.39, 0.29) is 43.6 Å². The monoisotopic (exact) mass is 448 g/mol. The largest absolute Gasteiger partial charge is 0.436 e. The summed E-state index contributed by atoms with van der Waals surface area (Å²) in [6.45, 7) is 1.68. The molecule has 0 bridgehead atoms. The van der Waals surface area contributed by atoms with Crippen LogP contribution in [0.5, 0.6) is 0 Å². The topological polar surface area (TPSA) is 78.1 Å². The second-order valence-corrected chi connectivity index (χ2v) is 8.03. The number of nitrogens with one attached hydrogen (secondary N) is 2. The Labute approximate surface area is 172 Å². The van der Waals surface area contributed by atoms with E-state index in [0.29, 0.717) is 0 Å². The zero-order chi connectivity index (χ0) is 22.8. The van der Waals surface area contributed by atoms with Gasteiger partial charge in [-0.3, -0.25) is 9.59 Å². The van der Waals surface area contributed by atoms with Crippen LogP contribution in [0, 0.1) is 11.2 Å². The zero-order valence-electron chi connectivity index (χ0n) is 16.2. The van der Waals surface area contributed by atoms with Crippen LogP contribution < -0.4 is 5.32 Å². The zero-order valence-corrected chi connectivity index (χ0v) is 16.2. The van der Waals surface area contributed by atoms with E-state index in [0.717, 1.165) is 12.3 Å². The lowest BCUT2D eigenvalue weighted by Gasteiger charge is -2.23. The molecule has 6 nitrogen and oxygen atoms in total. The van der Waals surface area contributed by atoms with Crippen LogP contribution in [0.15, 0.2) is 12.3 Å². The second kappa shape index (κ2) is 6.86. The third-order valence-electron chi connectivity index (χ3n) is 6.02. The predicted octanol–water partition coefficient (Wildman–Crippen LogP) is 3.49. The third-order valence-corrected chi connectivity index (χ3v) is 6.02. The Morgan fingerprint density at radius 1 is 1.35 bits per heavy atom. The van der Waals surface area contributed by atoms with Crippen molar-refractivity contribution in [1.82, 2.24) is 20.2 Å². The highest BCUT2D eigenvalue weighted by atomic mass is 19.4. The molecule has 1 aliphatic heterocycles. The highest BCUT2D eigenvalue weighted by Crippen LogP contribution is 2.65. The number of carbonyl (C=O) groups excluding carboxylic acids is 2. The number of halogens is 6. The van der Waals surface area contributed by atoms with Gasteiger partial charge in [0.25, 0.3) is 11.8 Å². The Hall–Kier alpha value is -2.79. The fraction of sp³-hybridized carbons (Fsp3) is 0.526. The molecular weight excluding hydrogens is 430 g/mol. The number of hydrogen-bond donors (Lipinski definition) is 2. The van der Waals surface area contributed by atoms with Crippen LogP contribution in [0.2, 0.25) is 0 Å². The summed E-state index contributed by atoms with van der Waals surface area (Å²) in [4.78, 5) is 32.1. The Balaban J connectivity index is 1.49. The number of nitrogens with zero attached hydrogens (tertiary/aromatic N) is 2. The molecule has 2 aromatic rings. The van der Waals surface area contributed by atoms with Crippen LogP contribution >= 0.6 is 0 Å². The summed E-state index contributed by atoms with van der Waals surface area (Å²) in [6, 6.07) is -0.112. The van der Waals surface area contributed by atoms with E-state index in [1.54, 1.807) is 6.92 Å². The lowest BCUT2D eigenvalue weighted by atomic mass is 10.1. The van der Waals surface area contributed by atoms with Gasteiger partial charge in [0.1, 0.15) is 11.7 Å². The summed E-state index contributed by atoms with van der Waals surface area (Å²) in [7, 11) is 0. The molecule has 0 aromatic carbocycles. The van der Waals surface area contributed by atoms with Gasteiger partial charge >= 0.3 is 6.18 Å². The summed E-state index contributed by atoms with van der Waals surface area (Å²) in [5.74, 6) is -5.75. The summed E-state index contributed by atoms with van der Waals surface area (Å²) in [5.41, 5.74) is -3.25. The van der Waals surface area contributed by atoms with Crippen molar-refractivity contribution in [1.29, 1.82) is 0 Å². The molecule has 2 aromatic heterocycles. The first-order valence-corrected chi connectivity index (χ1v) is 9.60. The van der Waals surface area contributed by atoms with Gasteiger partial charge in [-0.25, -0.2) is 18.2 Å². The molecule has 1 aliphatic carbocycles. The summed E-state index contributed by atoms with van der Waals surface area (Å²) >= 11 is 0. The minimum Gasteiger partial charge on any atom is -0.349 e. The van der Waals surface area contributed by atoms with E-state index >= 15 is 0 Å². The minimum atomic E-state index is -5.00. The lowest BCUT2D eigenvalue weighted by Crippen LogP contribution is -2.47. The number of amides is 2. The molecular formula is C19H18F6N4O2. The van der Waals surface area contributed by atoms with E-state index in [1.807, 2.05) is 0 Å². The SMILES string of the molecule is CC[C@H](NC(=O)c1cc2c(F)c(C(F)(F)F)ncc2[nH]1)C(=O)N1CC[C@]2(C1)CC2(F)F. The van der Waals surface area contributed by atoms with Gasteiger partial charge in [-0.15, -0.1) is 0 Å². The molecule has 0 unspecified atom stereocenters. The van der Waals surface area contributed by atoms with Crippen LogP contribution in [0.4, 0.5) is 26.3 Å². The lowest BCUT2D eigenvalue weighted by molar-refractivity contribution is -0.143. The molecule has 2 N–H and O–H groups in total. The van der Waals surface area contributed by atoms with Crippen LogP contribution in [0.3, 0.4) is 0 Å². The quantitative estimate of drug-likeness (QED) is 0.703. The van der Waals surface area contributed by atoms with Crippen molar-refractivity contribution in [3.8, 4) is 0 Å². The molecule has 0 radical (unpaired) electrons. The first kappa shape index (κ1) is 21.4. The van der Waals surface area contributed by atoms with E-state index in [4.69, 9.17) is 0 Å². The van der Waals surface area contributed by atoms with Gasteiger partial charge in [0.15, 0.2) is 11.5 Å². The molecule has 3 heterocycles. The van der Waals surface area contributed by atoms with Gasteiger partial charge in [0, 0.05) is 24.9 Å². The maximum atomic E-state index is 14.2. The maximum absolute atomic E-state index is 14.2. The molecule has 2 amide bonds. The van der Waals surface area contributed by atoms with Crippen LogP contribution in [0.1, 0.15) is 42.4 Å². The third kappa shape index (κ3) is 3.51. The Kier molecular flexibility index (Phi) is 4.74. The van der Waals surface area contributed by atoms with Gasteiger partial charge in [-0.2, -0.15) is 13.2 Å². The smallest absolute Gasteiger partial charge is 0.349 e. The molecule has 4 rings (SSSR count). The number of rotatable bonds is 4. The first-order chi connectivity index (χ1) is 14.4. The number of hydrogen-bond acceptors (Lipinski definition) is 3. The molecule has 1 saturated heterocycles. The molecule has 1 saturated carbocycles. The number of aromatic nitrogens is 2. The molecule has 2 atom stereocenters. The minimum absolute atomic E-state index is 0.0886. The highest BCUT2D eigenvalue weighted by molar-refractivity contribution is 6.00. The Bertz CT molecular complexity index is 1070. The van der Waals surface area contributed by atoms with Crippen molar-refractivity contribution in [2.75, 3.05) is 13.1 Å². The van der Waals surface area contributed by atoms with Gasteiger partial charge in [-0.05, 0) is 18.9 Å². The molecule has 2 fully saturated rings. The number of H-pyrrole nitrogens is 1. The maximum Gasteiger partial charge on any atom is 0.436 e. The van der Waals surface area contributed by atoms with Gasteiger partial charge in [-0.1, -0.05) is 6.92 Å². The Morgan fingerprint density at radius 3 is 2.58 bits per heavy atom. The van der Waals surface area contributed by atoms with Crippen molar-refractivity contribution in [3.63, 3.8) is 0 Å². The summed E-state index contributed by atoms with van der Waals surface area (Å²) < 4.78 is 79.8. The molecule has 31 heavy (non-hydrogen) atoms. The average molecular weight is 448 g/mol. The number of alkyl halides is 5. The van der Waals surface area contributed by atoms with Crippen LogP contribution in [-0.2, 0) is 11.0 Å². The highest BCUT2D eigenvalue weighted by Gasteiger charge is 2.73. The van der Waals surface area contributed by atoms with E-state index in [2.05, 4.69) is 15.3 Å². The number of pyridine rings is 1. The fourth-order valence-electron chi connectivity index (χ4n) is 4.07. The van der Waals surface area contributed by atoms with Crippen molar-refractivity contribution >= 4 is 22.7 Å². The summed E-state index contributed by atoms with van der Waals surface area (Å²) in [5, 5.41) is 1.97. The van der Waals surface area contributed by atoms with Gasteiger partial charge in [0.05, 0.1) is 17.1 Å². The Morgan fingerprint density at radius 2 is 2.03 bits per heavy atom. The second-order valence-electron chi connectivity index (χ2n) is 8.03. The number of likely N-dealkylation sites (tertiary alicyclic amines) is 1. The fourth-order valence-corrected chi connectivity index (χ4v) is 4.07. The van der Waals surface area contributed by atoms with Crippen molar-refractivity contribution in [3.05, 3.63) is 29.5 Å². The normalized spacial score (nSPS) is 23.4. The van der Waals surface area contributed by atoms with Crippen LogP contribution in [-0.4, -0.2) is 51.7 Å². The summed E-state index contributed by atoms with van der Waals surface area (Å²) in [6.07, 6.45) is -4.14. The van der Waals surface area contributed by atoms with Crippen molar-refractivity contribution in [2.45, 2.75) is 44.3 Å². The van der Waals surface area contributed by atoms with Crippen molar-refractivity contribution in [2.24, 2.45) is 5.41 Å². The molecule has 1 spiro atoms. The van der Waals surface area contributed by atoms with Gasteiger partial charge in [0.2, 0.25) is 5.91 Å². The van der Waals surface area contributed by atoms with Crippen molar-refractivity contribution < 1.29 is 35.9 Å².